The summed E-state index contributed by atoms with van der Waals surface area (Å²) in [7, 11) is 0. The molecule has 0 fully saturated rings. The molecule has 3 amide bonds. The normalized spacial score (nSPS) is 17.2. The lowest BCUT2D eigenvalue weighted by Crippen LogP contribution is -2.60. The summed E-state index contributed by atoms with van der Waals surface area (Å²) in [5, 5.41) is 35.1. The number of aliphatic carboxylic acids is 1. The van der Waals surface area contributed by atoms with Crippen LogP contribution in [0.4, 0.5) is 0 Å². The van der Waals surface area contributed by atoms with Gasteiger partial charge < -0.3 is 37.0 Å². The molecule has 0 aliphatic heterocycles. The predicted molar refractivity (Wildman–Crippen MR) is 109 cm³/mol. The Morgan fingerprint density at radius 1 is 0.900 bits per heavy atom. The number of amides is 3. The topological polar surface area (TPSA) is 191 Å². The fourth-order valence-electron chi connectivity index (χ4n) is 2.65. The van der Waals surface area contributed by atoms with Crippen molar-refractivity contribution in [3.05, 3.63) is 0 Å². The second kappa shape index (κ2) is 13.1. The number of hydrogen-bond acceptors (Lipinski definition) is 7. The molecule has 0 rings (SSSR count). The third-order valence-corrected chi connectivity index (χ3v) is 4.71. The van der Waals surface area contributed by atoms with Crippen LogP contribution in [0.3, 0.4) is 0 Å². The van der Waals surface area contributed by atoms with Gasteiger partial charge in [0, 0.05) is 0 Å². The molecule has 0 aromatic heterocycles. The number of rotatable bonds is 13. The first-order valence-corrected chi connectivity index (χ1v) is 10.0. The Balaban J connectivity index is 5.52. The molecule has 8 N–H and O–H groups in total. The van der Waals surface area contributed by atoms with E-state index in [0.29, 0.717) is 6.42 Å². The van der Waals surface area contributed by atoms with E-state index >= 15 is 0 Å². The molecular formula is C19H36N4O7. The Labute approximate surface area is 176 Å². The Hall–Kier alpha value is -2.24. The highest BCUT2D eigenvalue weighted by Gasteiger charge is 2.34. The van der Waals surface area contributed by atoms with Crippen LogP contribution in [0.2, 0.25) is 0 Å². The molecule has 6 atom stereocenters. The molecule has 6 unspecified atom stereocenters. The zero-order valence-corrected chi connectivity index (χ0v) is 18.2. The minimum Gasteiger partial charge on any atom is -0.480 e. The molecule has 0 aromatic rings. The maximum Gasteiger partial charge on any atom is 0.328 e. The molecule has 174 valence electrons. The number of carboxylic acid groups (broad SMARTS) is 1. The first-order valence-electron chi connectivity index (χ1n) is 10.0. The van der Waals surface area contributed by atoms with E-state index in [9.17, 15) is 29.4 Å². The average Bonchev–Trinajstić information content (AvgIpc) is 2.66. The minimum absolute atomic E-state index is 0.0221. The standard InChI is InChI=1S/C19H36N4O7/c1-6-10(4)14(18(28)23-15(11(5)25)19(29)30)22-17(27)13(7-9(2)3)21-16(26)12(20)8-24/h9-15,24-25H,6-8,20H2,1-5H3,(H,21,26)(H,22,27)(H,23,28)(H,29,30). The Morgan fingerprint density at radius 2 is 1.43 bits per heavy atom. The Kier molecular flexibility index (Phi) is 12.2. The highest BCUT2D eigenvalue weighted by Crippen LogP contribution is 2.11. The second-order valence-electron chi connectivity index (χ2n) is 7.92. The lowest BCUT2D eigenvalue weighted by atomic mass is 9.96. The zero-order chi connectivity index (χ0) is 23.6. The molecule has 0 heterocycles. The van der Waals surface area contributed by atoms with Gasteiger partial charge in [0.25, 0.3) is 0 Å². The summed E-state index contributed by atoms with van der Waals surface area (Å²) in [6.45, 7) is 7.84. The summed E-state index contributed by atoms with van der Waals surface area (Å²) in [5.74, 6) is -3.83. The van der Waals surface area contributed by atoms with E-state index in [0.717, 1.165) is 0 Å². The van der Waals surface area contributed by atoms with Gasteiger partial charge in [-0.15, -0.1) is 0 Å². The molecule has 0 aliphatic carbocycles. The van der Waals surface area contributed by atoms with E-state index in [-0.39, 0.29) is 18.3 Å². The molecule has 0 spiro atoms. The van der Waals surface area contributed by atoms with E-state index in [1.807, 2.05) is 13.8 Å². The number of aliphatic hydroxyl groups excluding tert-OH is 2. The van der Waals surface area contributed by atoms with Gasteiger partial charge in [0.1, 0.15) is 18.1 Å². The number of carbonyl (C=O) groups excluding carboxylic acids is 3. The van der Waals surface area contributed by atoms with Gasteiger partial charge in [-0.3, -0.25) is 14.4 Å². The van der Waals surface area contributed by atoms with Crippen molar-refractivity contribution in [2.24, 2.45) is 17.6 Å². The van der Waals surface area contributed by atoms with Gasteiger partial charge in [-0.05, 0) is 25.2 Å². The number of hydrogen-bond donors (Lipinski definition) is 7. The molecule has 0 aliphatic rings. The van der Waals surface area contributed by atoms with Crippen LogP contribution in [0.25, 0.3) is 0 Å². The molecule has 30 heavy (non-hydrogen) atoms. The first-order chi connectivity index (χ1) is 13.8. The van der Waals surface area contributed by atoms with Crippen LogP contribution in [-0.4, -0.2) is 75.9 Å². The monoisotopic (exact) mass is 432 g/mol. The van der Waals surface area contributed by atoms with Gasteiger partial charge in [0.15, 0.2) is 6.04 Å². The summed E-state index contributed by atoms with van der Waals surface area (Å²) in [5.41, 5.74) is 5.49. The molecule has 0 radical (unpaired) electrons. The SMILES string of the molecule is CCC(C)C(NC(=O)C(CC(C)C)NC(=O)C(N)CO)C(=O)NC(C(=O)O)C(C)O. The predicted octanol–water partition coefficient (Wildman–Crippen LogP) is -1.68. The molecule has 11 heteroatoms. The van der Waals surface area contributed by atoms with Crippen molar-refractivity contribution >= 4 is 23.7 Å². The number of carbonyl (C=O) groups is 4. The number of nitrogens with one attached hydrogen (secondary N) is 3. The number of aliphatic hydroxyl groups is 2. The summed E-state index contributed by atoms with van der Waals surface area (Å²) >= 11 is 0. The zero-order valence-electron chi connectivity index (χ0n) is 18.2. The lowest BCUT2D eigenvalue weighted by molar-refractivity contribution is -0.145. The van der Waals surface area contributed by atoms with Crippen LogP contribution in [-0.2, 0) is 19.2 Å². The van der Waals surface area contributed by atoms with Gasteiger partial charge in [0.05, 0.1) is 12.7 Å². The Bertz CT molecular complexity index is 597. The number of carboxylic acids is 1. The van der Waals surface area contributed by atoms with E-state index in [2.05, 4.69) is 16.0 Å². The molecule has 0 saturated carbocycles. The summed E-state index contributed by atoms with van der Waals surface area (Å²) in [6.07, 6.45) is -0.579. The van der Waals surface area contributed by atoms with Crippen molar-refractivity contribution in [2.75, 3.05) is 6.61 Å². The smallest absolute Gasteiger partial charge is 0.328 e. The maximum atomic E-state index is 12.8. The van der Waals surface area contributed by atoms with Gasteiger partial charge in [-0.25, -0.2) is 4.79 Å². The van der Waals surface area contributed by atoms with Crippen LogP contribution in [0.5, 0.6) is 0 Å². The molecule has 0 aromatic carbocycles. The van der Waals surface area contributed by atoms with Crippen molar-refractivity contribution < 1.29 is 34.5 Å². The van der Waals surface area contributed by atoms with Crippen molar-refractivity contribution in [3.63, 3.8) is 0 Å². The third kappa shape index (κ3) is 9.06. The fourth-order valence-corrected chi connectivity index (χ4v) is 2.65. The molecule has 11 nitrogen and oxygen atoms in total. The summed E-state index contributed by atoms with van der Waals surface area (Å²) in [6, 6.07) is -4.80. The summed E-state index contributed by atoms with van der Waals surface area (Å²) < 4.78 is 0. The highest BCUT2D eigenvalue weighted by molar-refractivity contribution is 5.94. The lowest BCUT2D eigenvalue weighted by Gasteiger charge is -2.29. The fraction of sp³-hybridized carbons (Fsp3) is 0.789. The van der Waals surface area contributed by atoms with Crippen molar-refractivity contribution in [2.45, 2.75) is 77.7 Å². The maximum absolute atomic E-state index is 12.8. The van der Waals surface area contributed by atoms with Crippen LogP contribution < -0.4 is 21.7 Å². The van der Waals surface area contributed by atoms with Gasteiger partial charge >= 0.3 is 5.97 Å². The minimum atomic E-state index is -1.53. The van der Waals surface area contributed by atoms with Crippen molar-refractivity contribution in [3.8, 4) is 0 Å². The van der Waals surface area contributed by atoms with Gasteiger partial charge in [0.2, 0.25) is 17.7 Å². The quantitative estimate of drug-likeness (QED) is 0.179. The van der Waals surface area contributed by atoms with Crippen molar-refractivity contribution in [1.29, 1.82) is 0 Å². The average molecular weight is 433 g/mol. The highest BCUT2D eigenvalue weighted by atomic mass is 16.4. The van der Waals surface area contributed by atoms with Crippen molar-refractivity contribution in [1.82, 2.24) is 16.0 Å². The van der Waals surface area contributed by atoms with E-state index in [4.69, 9.17) is 10.8 Å². The Morgan fingerprint density at radius 3 is 1.83 bits per heavy atom. The largest absolute Gasteiger partial charge is 0.480 e. The number of nitrogens with two attached hydrogens (primary N) is 1. The third-order valence-electron chi connectivity index (χ3n) is 4.71. The van der Waals surface area contributed by atoms with E-state index in [1.165, 1.54) is 6.92 Å². The summed E-state index contributed by atoms with van der Waals surface area (Å²) in [4.78, 5) is 48.8. The van der Waals surface area contributed by atoms with Crippen LogP contribution in [0.15, 0.2) is 0 Å². The second-order valence-corrected chi connectivity index (χ2v) is 7.92. The van der Waals surface area contributed by atoms with E-state index < -0.39 is 60.6 Å². The van der Waals surface area contributed by atoms with E-state index in [1.54, 1.807) is 13.8 Å². The van der Waals surface area contributed by atoms with Crippen LogP contribution >= 0.6 is 0 Å². The molecular weight excluding hydrogens is 396 g/mol. The molecule has 0 bridgehead atoms. The van der Waals surface area contributed by atoms with Crippen LogP contribution in [0.1, 0.15) is 47.5 Å². The van der Waals surface area contributed by atoms with Gasteiger partial charge in [-0.1, -0.05) is 34.1 Å². The van der Waals surface area contributed by atoms with Crippen LogP contribution in [0, 0.1) is 11.8 Å². The first kappa shape index (κ1) is 27.8. The molecule has 0 saturated heterocycles. The van der Waals surface area contributed by atoms with Gasteiger partial charge in [-0.2, -0.15) is 0 Å².